The largest absolute Gasteiger partial charge is 0.253 e. The molecule has 0 saturated carbocycles. The molecular formula is C21H13BrN4. The van der Waals surface area contributed by atoms with E-state index in [0.717, 1.165) is 32.2 Å². The molecule has 2 heterocycles. The topological polar surface area (TPSA) is 43.1 Å². The Hall–Kier alpha value is -3.05. The fourth-order valence-electron chi connectivity index (χ4n) is 3.13. The van der Waals surface area contributed by atoms with Crippen LogP contribution in [0.3, 0.4) is 0 Å². The maximum atomic E-state index is 4.82. The predicted octanol–water partition coefficient (Wildman–Crippen LogP) is 5.37. The fourth-order valence-corrected chi connectivity index (χ4v) is 3.59. The minimum Gasteiger partial charge on any atom is -0.210 e. The zero-order valence-electron chi connectivity index (χ0n) is 13.7. The molecule has 0 atom stereocenters. The molecule has 2 aromatic heterocycles. The van der Waals surface area contributed by atoms with Gasteiger partial charge in [0, 0.05) is 21.0 Å². The lowest BCUT2D eigenvalue weighted by atomic mass is 10.1. The zero-order valence-corrected chi connectivity index (χ0v) is 15.3. The third-order valence-electron chi connectivity index (χ3n) is 4.35. The van der Waals surface area contributed by atoms with Gasteiger partial charge in [-0.3, -0.25) is 0 Å². The SMILES string of the molecule is Brc1ccccc1-c1nc2nc(-c3ccccc3)c3ccccc3n2n1. The van der Waals surface area contributed by atoms with E-state index >= 15 is 0 Å². The maximum Gasteiger partial charge on any atom is 0.253 e. The van der Waals surface area contributed by atoms with Gasteiger partial charge in [0.25, 0.3) is 5.78 Å². The lowest BCUT2D eigenvalue weighted by Crippen LogP contribution is -1.97. The van der Waals surface area contributed by atoms with Gasteiger partial charge in [0.1, 0.15) is 0 Å². The number of hydrogen-bond donors (Lipinski definition) is 0. The van der Waals surface area contributed by atoms with Gasteiger partial charge in [-0.25, -0.2) is 4.98 Å². The Morgan fingerprint density at radius 3 is 2.31 bits per heavy atom. The second-order valence-electron chi connectivity index (χ2n) is 5.97. The van der Waals surface area contributed by atoms with Crippen molar-refractivity contribution in [2.45, 2.75) is 0 Å². The number of hydrogen-bond acceptors (Lipinski definition) is 3. The van der Waals surface area contributed by atoms with E-state index in [9.17, 15) is 0 Å². The highest BCUT2D eigenvalue weighted by Crippen LogP contribution is 2.30. The number of nitrogens with zero attached hydrogens (tertiary/aromatic N) is 4. The molecule has 0 spiro atoms. The quantitative estimate of drug-likeness (QED) is 0.399. The van der Waals surface area contributed by atoms with Crippen molar-refractivity contribution in [3.8, 4) is 22.6 Å². The second-order valence-corrected chi connectivity index (χ2v) is 6.82. The smallest absolute Gasteiger partial charge is 0.210 e. The van der Waals surface area contributed by atoms with Gasteiger partial charge in [-0.2, -0.15) is 9.50 Å². The van der Waals surface area contributed by atoms with E-state index < -0.39 is 0 Å². The van der Waals surface area contributed by atoms with E-state index in [4.69, 9.17) is 15.1 Å². The molecule has 0 N–H and O–H groups in total. The first-order chi connectivity index (χ1) is 12.8. The van der Waals surface area contributed by atoms with Crippen LogP contribution in [0.15, 0.2) is 83.3 Å². The van der Waals surface area contributed by atoms with Crippen molar-refractivity contribution in [2.24, 2.45) is 0 Å². The van der Waals surface area contributed by atoms with Crippen LogP contribution < -0.4 is 0 Å². The monoisotopic (exact) mass is 400 g/mol. The van der Waals surface area contributed by atoms with Gasteiger partial charge in [0.2, 0.25) is 0 Å². The molecular weight excluding hydrogens is 388 g/mol. The summed E-state index contributed by atoms with van der Waals surface area (Å²) in [5, 5.41) is 5.77. The molecule has 0 unspecified atom stereocenters. The van der Waals surface area contributed by atoms with Crippen LogP contribution in [0.4, 0.5) is 0 Å². The summed E-state index contributed by atoms with van der Waals surface area (Å²) in [5.41, 5.74) is 3.92. The lowest BCUT2D eigenvalue weighted by Gasteiger charge is -2.07. The van der Waals surface area contributed by atoms with Crippen molar-refractivity contribution < 1.29 is 0 Å². The normalized spacial score (nSPS) is 11.3. The standard InChI is InChI=1S/C21H13BrN4/c22-17-12-6-4-10-15(17)20-24-21-23-19(14-8-2-1-3-9-14)16-11-5-7-13-18(16)26(21)25-20/h1-13H. The molecule has 26 heavy (non-hydrogen) atoms. The molecule has 0 aliphatic heterocycles. The molecule has 5 aromatic rings. The van der Waals surface area contributed by atoms with Crippen molar-refractivity contribution in [1.82, 2.24) is 19.6 Å². The molecule has 0 bridgehead atoms. The van der Waals surface area contributed by atoms with Crippen LogP contribution in [0.1, 0.15) is 0 Å². The first-order valence-corrected chi connectivity index (χ1v) is 9.06. The Labute approximate surface area is 158 Å². The number of benzene rings is 3. The Balaban J connectivity index is 1.84. The van der Waals surface area contributed by atoms with Crippen LogP contribution in [0.5, 0.6) is 0 Å². The minimum atomic E-state index is 0.591. The average molecular weight is 401 g/mol. The Kier molecular flexibility index (Phi) is 3.53. The number of rotatable bonds is 2. The van der Waals surface area contributed by atoms with E-state index in [1.807, 2.05) is 59.1 Å². The van der Waals surface area contributed by atoms with E-state index in [-0.39, 0.29) is 0 Å². The molecule has 124 valence electrons. The summed E-state index contributed by atoms with van der Waals surface area (Å²) in [5.74, 6) is 1.24. The molecule has 0 fully saturated rings. The Morgan fingerprint density at radius 2 is 1.46 bits per heavy atom. The van der Waals surface area contributed by atoms with Crippen molar-refractivity contribution in [3.05, 3.63) is 83.3 Å². The van der Waals surface area contributed by atoms with Gasteiger partial charge in [-0.1, -0.05) is 76.6 Å². The number of para-hydroxylation sites is 1. The zero-order chi connectivity index (χ0) is 17.5. The van der Waals surface area contributed by atoms with Gasteiger partial charge in [-0.15, -0.1) is 5.10 Å². The van der Waals surface area contributed by atoms with Crippen molar-refractivity contribution >= 4 is 32.6 Å². The molecule has 0 radical (unpaired) electrons. The van der Waals surface area contributed by atoms with Gasteiger partial charge in [0.15, 0.2) is 5.82 Å². The lowest BCUT2D eigenvalue weighted by molar-refractivity contribution is 0.988. The highest BCUT2D eigenvalue weighted by molar-refractivity contribution is 9.10. The molecule has 0 saturated heterocycles. The highest BCUT2D eigenvalue weighted by Gasteiger charge is 2.15. The maximum absolute atomic E-state index is 4.82. The van der Waals surface area contributed by atoms with Crippen LogP contribution in [0.2, 0.25) is 0 Å². The van der Waals surface area contributed by atoms with Gasteiger partial charge < -0.3 is 0 Å². The van der Waals surface area contributed by atoms with Gasteiger partial charge in [0.05, 0.1) is 11.2 Å². The molecule has 0 amide bonds. The van der Waals surface area contributed by atoms with Crippen LogP contribution in [0.25, 0.3) is 39.3 Å². The van der Waals surface area contributed by atoms with Crippen molar-refractivity contribution in [3.63, 3.8) is 0 Å². The van der Waals surface area contributed by atoms with E-state index in [0.29, 0.717) is 11.6 Å². The molecule has 0 aliphatic rings. The third-order valence-corrected chi connectivity index (χ3v) is 5.04. The predicted molar refractivity (Wildman–Crippen MR) is 107 cm³/mol. The fraction of sp³-hybridized carbons (Fsp3) is 0. The molecule has 5 heteroatoms. The molecule has 3 aromatic carbocycles. The molecule has 0 aliphatic carbocycles. The molecule has 5 rings (SSSR count). The number of halogens is 1. The summed E-state index contributed by atoms with van der Waals surface area (Å²) >= 11 is 3.58. The summed E-state index contributed by atoms with van der Waals surface area (Å²) in [6.45, 7) is 0. The van der Waals surface area contributed by atoms with Crippen LogP contribution in [-0.4, -0.2) is 19.6 Å². The van der Waals surface area contributed by atoms with E-state index in [2.05, 4.69) is 40.2 Å². The van der Waals surface area contributed by atoms with Gasteiger partial charge >= 0.3 is 0 Å². The summed E-state index contributed by atoms with van der Waals surface area (Å²) in [6.07, 6.45) is 0. The first-order valence-electron chi connectivity index (χ1n) is 8.27. The van der Waals surface area contributed by atoms with Crippen LogP contribution in [0, 0.1) is 0 Å². The highest BCUT2D eigenvalue weighted by atomic mass is 79.9. The van der Waals surface area contributed by atoms with E-state index in [1.54, 1.807) is 0 Å². The third kappa shape index (κ3) is 2.40. The van der Waals surface area contributed by atoms with Crippen molar-refractivity contribution in [2.75, 3.05) is 0 Å². The van der Waals surface area contributed by atoms with Gasteiger partial charge in [-0.05, 0) is 18.2 Å². The van der Waals surface area contributed by atoms with Crippen molar-refractivity contribution in [1.29, 1.82) is 0 Å². The van der Waals surface area contributed by atoms with Crippen LogP contribution >= 0.6 is 15.9 Å². The first kappa shape index (κ1) is 15.2. The van der Waals surface area contributed by atoms with E-state index in [1.165, 1.54) is 0 Å². The Morgan fingerprint density at radius 1 is 0.731 bits per heavy atom. The second kappa shape index (κ2) is 6.04. The summed E-state index contributed by atoms with van der Waals surface area (Å²) in [7, 11) is 0. The molecule has 4 nitrogen and oxygen atoms in total. The average Bonchev–Trinajstić information content (AvgIpc) is 3.12. The van der Waals surface area contributed by atoms with Crippen LogP contribution in [-0.2, 0) is 0 Å². The summed E-state index contributed by atoms with van der Waals surface area (Å²) in [6, 6.07) is 26.3. The number of fused-ring (bicyclic) bond motifs is 3. The minimum absolute atomic E-state index is 0.591. The Bertz CT molecular complexity index is 1250. The summed E-state index contributed by atoms with van der Waals surface area (Å²) in [4.78, 5) is 9.51. The summed E-state index contributed by atoms with van der Waals surface area (Å²) < 4.78 is 2.78. The number of aromatic nitrogens is 4.